The van der Waals surface area contributed by atoms with E-state index in [9.17, 15) is 9.59 Å². The molecule has 0 spiro atoms. The Hall–Kier alpha value is -1.06. The van der Waals surface area contributed by atoms with Crippen LogP contribution in [0.5, 0.6) is 0 Å². The second-order valence-corrected chi connectivity index (χ2v) is 7.83. The van der Waals surface area contributed by atoms with Crippen LogP contribution >= 0.6 is 0 Å². The molecule has 4 fully saturated rings. The van der Waals surface area contributed by atoms with Gasteiger partial charge in [0.15, 0.2) is 0 Å². The minimum atomic E-state index is -1.11. The van der Waals surface area contributed by atoms with Gasteiger partial charge in [-0.25, -0.2) is 0 Å². The van der Waals surface area contributed by atoms with Crippen LogP contribution in [0.1, 0.15) is 65.2 Å². The van der Waals surface area contributed by atoms with Gasteiger partial charge < -0.3 is 9.84 Å². The maximum absolute atomic E-state index is 11.9. The van der Waals surface area contributed by atoms with E-state index in [1.54, 1.807) is 0 Å². The minimum absolute atomic E-state index is 0.0880. The fourth-order valence-corrected chi connectivity index (χ4v) is 5.72. The second kappa shape index (κ2) is 4.99. The lowest BCUT2D eigenvalue weighted by Crippen LogP contribution is -2.58. The van der Waals surface area contributed by atoms with Crippen LogP contribution in [0.4, 0.5) is 0 Å². The van der Waals surface area contributed by atoms with E-state index in [0.717, 1.165) is 43.4 Å². The lowest BCUT2D eigenvalue weighted by Gasteiger charge is -2.62. The Morgan fingerprint density at radius 3 is 2.00 bits per heavy atom. The van der Waals surface area contributed by atoms with Gasteiger partial charge in [0, 0.05) is 5.41 Å². The third-order valence-electron chi connectivity index (χ3n) is 6.47. The van der Waals surface area contributed by atoms with Crippen LogP contribution in [0.25, 0.3) is 0 Å². The molecule has 4 heteroatoms. The SMILES string of the molecule is CCC(C)(OC(=O)CC(=O)O)C12CC3CC(CC(C3)C1)C2. The highest BCUT2D eigenvalue weighted by Crippen LogP contribution is 2.65. The molecular formula is C17H26O4. The maximum Gasteiger partial charge on any atom is 0.317 e. The van der Waals surface area contributed by atoms with Gasteiger partial charge >= 0.3 is 11.9 Å². The van der Waals surface area contributed by atoms with Crippen molar-refractivity contribution in [3.8, 4) is 0 Å². The summed E-state index contributed by atoms with van der Waals surface area (Å²) < 4.78 is 5.76. The molecule has 0 aliphatic heterocycles. The van der Waals surface area contributed by atoms with E-state index in [4.69, 9.17) is 9.84 Å². The molecule has 118 valence electrons. The highest BCUT2D eigenvalue weighted by atomic mass is 16.6. The van der Waals surface area contributed by atoms with Crippen molar-refractivity contribution in [1.29, 1.82) is 0 Å². The molecule has 4 aliphatic carbocycles. The first kappa shape index (κ1) is 14.9. The van der Waals surface area contributed by atoms with Gasteiger partial charge in [0.2, 0.25) is 0 Å². The monoisotopic (exact) mass is 294 g/mol. The number of carbonyl (C=O) groups excluding carboxylic acids is 1. The summed E-state index contributed by atoms with van der Waals surface area (Å²) in [5, 5.41) is 8.79. The fraction of sp³-hybridized carbons (Fsp3) is 0.882. The van der Waals surface area contributed by atoms with E-state index < -0.39 is 24.0 Å². The number of carboxylic acids is 1. The van der Waals surface area contributed by atoms with Gasteiger partial charge in [0.1, 0.15) is 12.0 Å². The predicted molar refractivity (Wildman–Crippen MR) is 77.6 cm³/mol. The van der Waals surface area contributed by atoms with Crippen molar-refractivity contribution in [3.63, 3.8) is 0 Å². The number of hydrogen-bond donors (Lipinski definition) is 1. The quantitative estimate of drug-likeness (QED) is 0.623. The van der Waals surface area contributed by atoms with E-state index in [0.29, 0.717) is 0 Å². The van der Waals surface area contributed by atoms with E-state index in [1.165, 1.54) is 19.3 Å². The average Bonchev–Trinajstić information content (AvgIpc) is 2.35. The molecule has 0 radical (unpaired) electrons. The molecule has 4 aliphatic rings. The summed E-state index contributed by atoms with van der Waals surface area (Å²) in [6.07, 6.45) is 7.76. The number of esters is 1. The van der Waals surface area contributed by atoms with Gasteiger partial charge in [-0.2, -0.15) is 0 Å². The van der Waals surface area contributed by atoms with E-state index in [1.807, 2.05) is 6.92 Å². The summed E-state index contributed by atoms with van der Waals surface area (Å²) in [5.74, 6) is 0.687. The van der Waals surface area contributed by atoms with Crippen molar-refractivity contribution >= 4 is 11.9 Å². The largest absolute Gasteiger partial charge is 0.481 e. The van der Waals surface area contributed by atoms with Crippen molar-refractivity contribution < 1.29 is 19.4 Å². The van der Waals surface area contributed by atoms with Gasteiger partial charge in [-0.15, -0.1) is 0 Å². The number of rotatable bonds is 5. The zero-order valence-corrected chi connectivity index (χ0v) is 13.1. The highest BCUT2D eigenvalue weighted by molar-refractivity contribution is 5.90. The molecule has 21 heavy (non-hydrogen) atoms. The molecule has 1 atom stereocenters. The van der Waals surface area contributed by atoms with Crippen molar-refractivity contribution in [3.05, 3.63) is 0 Å². The summed E-state index contributed by atoms with van der Waals surface area (Å²) in [6.45, 7) is 4.10. The van der Waals surface area contributed by atoms with E-state index in [-0.39, 0.29) is 5.41 Å². The fourth-order valence-electron chi connectivity index (χ4n) is 5.72. The lowest BCUT2D eigenvalue weighted by atomic mass is 9.45. The molecule has 1 N–H and O–H groups in total. The zero-order valence-electron chi connectivity index (χ0n) is 13.1. The molecule has 4 rings (SSSR count). The molecule has 0 aromatic carbocycles. The number of hydrogen-bond acceptors (Lipinski definition) is 3. The van der Waals surface area contributed by atoms with Gasteiger partial charge in [-0.05, 0) is 69.6 Å². The molecule has 0 aromatic heterocycles. The van der Waals surface area contributed by atoms with Crippen molar-refractivity contribution in [2.24, 2.45) is 23.2 Å². The summed E-state index contributed by atoms with van der Waals surface area (Å²) in [4.78, 5) is 22.6. The van der Waals surface area contributed by atoms with Crippen LogP contribution in [0, 0.1) is 23.2 Å². The standard InChI is InChI=1S/C17H26O4/c1-3-16(2,21-15(20)7-14(18)19)17-8-11-4-12(9-17)6-13(5-11)10-17/h11-13H,3-10H2,1-2H3,(H,18,19). The molecular weight excluding hydrogens is 268 g/mol. The number of ether oxygens (including phenoxy) is 1. The molecule has 0 aromatic rings. The topological polar surface area (TPSA) is 63.6 Å². The van der Waals surface area contributed by atoms with Crippen LogP contribution < -0.4 is 0 Å². The maximum atomic E-state index is 11.9. The Morgan fingerprint density at radius 2 is 1.62 bits per heavy atom. The lowest BCUT2D eigenvalue weighted by molar-refractivity contribution is -0.205. The summed E-state index contributed by atoms with van der Waals surface area (Å²) in [6, 6.07) is 0. The molecule has 0 saturated heterocycles. The van der Waals surface area contributed by atoms with Crippen LogP contribution in [0.3, 0.4) is 0 Å². The first-order valence-corrected chi connectivity index (χ1v) is 8.29. The van der Waals surface area contributed by atoms with Crippen LogP contribution in [0.2, 0.25) is 0 Å². The first-order valence-electron chi connectivity index (χ1n) is 8.29. The van der Waals surface area contributed by atoms with Gasteiger partial charge in [-0.3, -0.25) is 9.59 Å². The zero-order chi connectivity index (χ0) is 15.3. The number of carbonyl (C=O) groups is 2. The summed E-state index contributed by atoms with van der Waals surface area (Å²) in [7, 11) is 0. The van der Waals surface area contributed by atoms with E-state index >= 15 is 0 Å². The van der Waals surface area contributed by atoms with Crippen molar-refractivity contribution in [2.75, 3.05) is 0 Å². The third kappa shape index (κ3) is 2.47. The Balaban J connectivity index is 1.81. The third-order valence-corrected chi connectivity index (χ3v) is 6.47. The smallest absolute Gasteiger partial charge is 0.317 e. The Morgan fingerprint density at radius 1 is 1.14 bits per heavy atom. The van der Waals surface area contributed by atoms with Crippen LogP contribution in [-0.2, 0) is 14.3 Å². The number of aliphatic carboxylic acids is 1. The Bertz CT molecular complexity index is 420. The number of carboxylic acid groups (broad SMARTS) is 1. The van der Waals surface area contributed by atoms with Gasteiger partial charge in [0.25, 0.3) is 0 Å². The highest BCUT2D eigenvalue weighted by Gasteiger charge is 2.59. The Labute approximate surface area is 126 Å². The molecule has 4 bridgehead atoms. The second-order valence-electron chi connectivity index (χ2n) is 7.83. The van der Waals surface area contributed by atoms with Crippen LogP contribution in [-0.4, -0.2) is 22.6 Å². The molecule has 0 amide bonds. The summed E-state index contributed by atoms with van der Waals surface area (Å²) in [5.41, 5.74) is -0.416. The van der Waals surface area contributed by atoms with E-state index in [2.05, 4.69) is 6.92 Å². The molecule has 1 unspecified atom stereocenters. The van der Waals surface area contributed by atoms with Crippen LogP contribution in [0.15, 0.2) is 0 Å². The van der Waals surface area contributed by atoms with Gasteiger partial charge in [0.05, 0.1) is 0 Å². The first-order chi connectivity index (χ1) is 9.86. The normalized spacial score (nSPS) is 39.8. The summed E-state index contributed by atoms with van der Waals surface area (Å²) >= 11 is 0. The molecule has 0 heterocycles. The van der Waals surface area contributed by atoms with Gasteiger partial charge in [-0.1, -0.05) is 6.92 Å². The van der Waals surface area contributed by atoms with Crippen molar-refractivity contribution in [2.45, 2.75) is 70.8 Å². The molecule has 4 nitrogen and oxygen atoms in total. The molecule has 4 saturated carbocycles. The predicted octanol–water partition coefficient (Wildman–Crippen LogP) is 3.39. The Kier molecular flexibility index (Phi) is 3.53. The minimum Gasteiger partial charge on any atom is -0.481 e. The average molecular weight is 294 g/mol. The van der Waals surface area contributed by atoms with Crippen molar-refractivity contribution in [1.82, 2.24) is 0 Å².